The van der Waals surface area contributed by atoms with Gasteiger partial charge in [0.1, 0.15) is 11.9 Å². The van der Waals surface area contributed by atoms with Gasteiger partial charge in [0.05, 0.1) is 0 Å². The Bertz CT molecular complexity index is 1180. The first-order chi connectivity index (χ1) is 15.6. The van der Waals surface area contributed by atoms with Gasteiger partial charge in [-0.15, -0.1) is 0 Å². The van der Waals surface area contributed by atoms with Crippen molar-refractivity contribution in [2.75, 3.05) is 11.9 Å². The van der Waals surface area contributed by atoms with E-state index in [1.165, 1.54) is 0 Å². The number of rotatable bonds is 7. The summed E-state index contributed by atoms with van der Waals surface area (Å²) in [6, 6.07) is 31.8. The third-order valence-corrected chi connectivity index (χ3v) is 5.26. The van der Waals surface area contributed by atoms with Gasteiger partial charge in [0.2, 0.25) is 0 Å². The lowest BCUT2D eigenvalue weighted by atomic mass is 10.00. The predicted molar refractivity (Wildman–Crippen MR) is 128 cm³/mol. The Balaban J connectivity index is 1.41. The van der Waals surface area contributed by atoms with Crippen LogP contribution in [-0.4, -0.2) is 17.6 Å². The van der Waals surface area contributed by atoms with Crippen LogP contribution in [-0.2, 0) is 4.79 Å². The van der Waals surface area contributed by atoms with Crippen LogP contribution in [0.4, 0.5) is 5.69 Å². The first-order valence-corrected chi connectivity index (χ1v) is 10.6. The lowest BCUT2D eigenvalue weighted by molar-refractivity contribution is -0.118. The minimum Gasteiger partial charge on any atom is -0.484 e. The normalized spacial score (nSPS) is 11.6. The Hall–Kier alpha value is -3.60. The molecule has 1 unspecified atom stereocenters. The molecule has 0 radical (unpaired) electrons. The van der Waals surface area contributed by atoms with Crippen LogP contribution in [0, 0.1) is 0 Å². The van der Waals surface area contributed by atoms with E-state index in [0.29, 0.717) is 27.6 Å². The Kier molecular flexibility index (Phi) is 6.85. The minimum absolute atomic E-state index is 0.159. The van der Waals surface area contributed by atoms with Crippen LogP contribution in [0.15, 0.2) is 103 Å². The van der Waals surface area contributed by atoms with Gasteiger partial charge >= 0.3 is 0 Å². The van der Waals surface area contributed by atoms with Crippen molar-refractivity contribution in [1.82, 2.24) is 0 Å². The Labute approximate surface area is 192 Å². The van der Waals surface area contributed by atoms with Gasteiger partial charge in [0, 0.05) is 16.3 Å². The number of amides is 1. The van der Waals surface area contributed by atoms with Crippen molar-refractivity contribution in [2.24, 2.45) is 0 Å². The van der Waals surface area contributed by atoms with E-state index in [0.717, 1.165) is 11.1 Å². The average Bonchev–Trinajstić information content (AvgIpc) is 2.85. The van der Waals surface area contributed by atoms with Gasteiger partial charge in [-0.1, -0.05) is 84.4 Å². The molecule has 4 nitrogen and oxygen atoms in total. The number of nitrogens with one attached hydrogen (secondary N) is 1. The topological polar surface area (TPSA) is 58.6 Å². The number of aliphatic hydroxyl groups is 1. The molecule has 0 saturated heterocycles. The molecule has 0 aliphatic carbocycles. The van der Waals surface area contributed by atoms with Crippen molar-refractivity contribution >= 4 is 23.2 Å². The molecule has 0 heterocycles. The molecule has 0 aliphatic rings. The first kappa shape index (κ1) is 21.6. The molecule has 5 heteroatoms. The number of hydrogen-bond acceptors (Lipinski definition) is 3. The van der Waals surface area contributed by atoms with Gasteiger partial charge < -0.3 is 15.2 Å². The van der Waals surface area contributed by atoms with Crippen LogP contribution in [0.25, 0.3) is 11.1 Å². The van der Waals surface area contributed by atoms with Crippen LogP contribution in [0.1, 0.15) is 17.2 Å². The fourth-order valence-corrected chi connectivity index (χ4v) is 3.58. The zero-order valence-corrected chi connectivity index (χ0v) is 18.0. The molecule has 0 spiro atoms. The number of carbonyl (C=O) groups excluding carboxylic acids is 1. The molecular weight excluding hydrogens is 422 g/mol. The minimum atomic E-state index is -0.920. The van der Waals surface area contributed by atoms with Crippen molar-refractivity contribution in [3.63, 3.8) is 0 Å². The molecule has 4 rings (SSSR count). The average molecular weight is 444 g/mol. The number of ether oxygens (including phenoxy) is 1. The highest BCUT2D eigenvalue weighted by Gasteiger charge is 2.17. The molecule has 0 aromatic heterocycles. The maximum absolute atomic E-state index is 12.5. The van der Waals surface area contributed by atoms with E-state index in [4.69, 9.17) is 16.3 Å². The summed E-state index contributed by atoms with van der Waals surface area (Å²) in [5, 5.41) is 14.1. The van der Waals surface area contributed by atoms with Crippen LogP contribution >= 0.6 is 11.6 Å². The van der Waals surface area contributed by atoms with E-state index in [9.17, 15) is 9.90 Å². The molecule has 0 fully saturated rings. The molecule has 0 saturated carbocycles. The second-order valence-electron chi connectivity index (χ2n) is 7.27. The maximum Gasteiger partial charge on any atom is 0.262 e. The number of anilines is 1. The zero-order chi connectivity index (χ0) is 22.3. The summed E-state index contributed by atoms with van der Waals surface area (Å²) in [4.78, 5) is 12.5. The summed E-state index contributed by atoms with van der Waals surface area (Å²) in [5.74, 6) is 0.265. The lowest BCUT2D eigenvalue weighted by Crippen LogP contribution is -2.21. The van der Waals surface area contributed by atoms with Crippen molar-refractivity contribution in [3.8, 4) is 16.9 Å². The molecule has 32 heavy (non-hydrogen) atoms. The molecule has 0 bridgehead atoms. The Morgan fingerprint density at radius 1 is 0.844 bits per heavy atom. The number of halogens is 1. The highest BCUT2D eigenvalue weighted by atomic mass is 35.5. The van der Waals surface area contributed by atoms with Crippen LogP contribution in [0.3, 0.4) is 0 Å². The first-order valence-electron chi connectivity index (χ1n) is 10.2. The van der Waals surface area contributed by atoms with E-state index < -0.39 is 6.10 Å². The largest absolute Gasteiger partial charge is 0.484 e. The summed E-state index contributed by atoms with van der Waals surface area (Å²) in [7, 11) is 0. The maximum atomic E-state index is 12.5. The van der Waals surface area contributed by atoms with Gasteiger partial charge in [-0.05, 0) is 47.0 Å². The molecule has 4 aromatic carbocycles. The van der Waals surface area contributed by atoms with E-state index in [1.54, 1.807) is 18.2 Å². The number of carbonyl (C=O) groups is 1. The third-order valence-electron chi connectivity index (χ3n) is 5.03. The SMILES string of the molecule is O=C(COc1ccc(-c2ccccc2)cc1)Nc1ccc(Cl)cc1C(O)c1ccccc1. The van der Waals surface area contributed by atoms with E-state index in [2.05, 4.69) is 5.32 Å². The second-order valence-corrected chi connectivity index (χ2v) is 7.71. The highest BCUT2D eigenvalue weighted by molar-refractivity contribution is 6.30. The van der Waals surface area contributed by atoms with Crippen molar-refractivity contribution in [3.05, 3.63) is 119 Å². The van der Waals surface area contributed by atoms with Gasteiger partial charge in [0.15, 0.2) is 6.61 Å². The molecule has 160 valence electrons. The summed E-state index contributed by atoms with van der Waals surface area (Å²) in [6.07, 6.45) is -0.920. The van der Waals surface area contributed by atoms with Gasteiger partial charge in [-0.2, -0.15) is 0 Å². The van der Waals surface area contributed by atoms with Crippen LogP contribution < -0.4 is 10.1 Å². The van der Waals surface area contributed by atoms with Gasteiger partial charge in [-0.3, -0.25) is 4.79 Å². The zero-order valence-electron chi connectivity index (χ0n) is 17.2. The molecule has 0 aliphatic heterocycles. The van der Waals surface area contributed by atoms with Crippen molar-refractivity contribution in [2.45, 2.75) is 6.10 Å². The fraction of sp³-hybridized carbons (Fsp3) is 0.0741. The molecule has 2 N–H and O–H groups in total. The van der Waals surface area contributed by atoms with Crippen LogP contribution in [0.2, 0.25) is 5.02 Å². The van der Waals surface area contributed by atoms with Crippen molar-refractivity contribution < 1.29 is 14.6 Å². The smallest absolute Gasteiger partial charge is 0.262 e. The highest BCUT2D eigenvalue weighted by Crippen LogP contribution is 2.31. The Morgan fingerprint density at radius 3 is 2.16 bits per heavy atom. The monoisotopic (exact) mass is 443 g/mol. The quantitative estimate of drug-likeness (QED) is 0.362. The van der Waals surface area contributed by atoms with E-state index >= 15 is 0 Å². The lowest BCUT2D eigenvalue weighted by Gasteiger charge is -2.17. The van der Waals surface area contributed by atoms with Gasteiger partial charge in [-0.25, -0.2) is 0 Å². The van der Waals surface area contributed by atoms with Gasteiger partial charge in [0.25, 0.3) is 5.91 Å². The molecule has 4 aromatic rings. The molecular formula is C27H22ClNO3. The molecule has 1 atom stereocenters. The summed E-state index contributed by atoms with van der Waals surface area (Å²) < 4.78 is 5.64. The molecule has 1 amide bonds. The number of benzene rings is 4. The summed E-state index contributed by atoms with van der Waals surface area (Å²) in [6.45, 7) is -0.159. The number of hydrogen-bond donors (Lipinski definition) is 2. The van der Waals surface area contributed by atoms with Crippen LogP contribution in [0.5, 0.6) is 5.75 Å². The van der Waals surface area contributed by atoms with E-state index in [1.807, 2.05) is 84.9 Å². The third kappa shape index (κ3) is 5.35. The standard InChI is InChI=1S/C27H22ClNO3/c28-22-13-16-25(24(17-22)27(31)21-9-5-2-6-10-21)29-26(30)18-32-23-14-11-20(12-15-23)19-7-3-1-4-8-19/h1-17,27,31H,18H2,(H,29,30). The second kappa shape index (κ2) is 10.1. The fourth-order valence-electron chi connectivity index (χ4n) is 3.40. The predicted octanol–water partition coefficient (Wildman–Crippen LogP) is 6.11. The summed E-state index contributed by atoms with van der Waals surface area (Å²) >= 11 is 6.13. The number of aliphatic hydroxyl groups excluding tert-OH is 1. The summed E-state index contributed by atoms with van der Waals surface area (Å²) in [5.41, 5.74) is 3.90. The van der Waals surface area contributed by atoms with E-state index in [-0.39, 0.29) is 12.5 Å². The Morgan fingerprint density at radius 2 is 1.47 bits per heavy atom. The van der Waals surface area contributed by atoms with Crippen molar-refractivity contribution in [1.29, 1.82) is 0 Å².